The molecule has 0 bridgehead atoms. The lowest BCUT2D eigenvalue weighted by molar-refractivity contribution is -0.141. The number of nitrogens with zero attached hydrogens (tertiary/aromatic N) is 2. The van der Waals surface area contributed by atoms with Crippen molar-refractivity contribution in [2.75, 3.05) is 6.54 Å². The van der Waals surface area contributed by atoms with Crippen LogP contribution in [0.2, 0.25) is 5.02 Å². The normalized spacial score (nSPS) is 13.7. The maximum Gasteiger partial charge on any atom is 0.261 e. The van der Waals surface area contributed by atoms with E-state index >= 15 is 0 Å². The van der Waals surface area contributed by atoms with Gasteiger partial charge < -0.3 is 10.2 Å². The summed E-state index contributed by atoms with van der Waals surface area (Å²) >= 11 is 6.33. The third-order valence-electron chi connectivity index (χ3n) is 5.77. The molecule has 2 aromatic carbocycles. The summed E-state index contributed by atoms with van der Waals surface area (Å²) < 4.78 is 0. The second-order valence-electron chi connectivity index (χ2n) is 8.61. The number of hydrogen-bond donors (Lipinski definition) is 1. The minimum atomic E-state index is -0.662. The van der Waals surface area contributed by atoms with Gasteiger partial charge in [0.2, 0.25) is 11.8 Å². The summed E-state index contributed by atoms with van der Waals surface area (Å²) in [7, 11) is 0. The molecule has 8 heteroatoms. The molecule has 0 unspecified atom stereocenters. The van der Waals surface area contributed by atoms with Gasteiger partial charge >= 0.3 is 0 Å². The Hall–Kier alpha value is -3.19. The number of benzene rings is 2. The van der Waals surface area contributed by atoms with E-state index in [0.717, 1.165) is 5.56 Å². The zero-order valence-electron chi connectivity index (χ0n) is 19.7. The topological polar surface area (TPSA) is 86.8 Å². The maximum atomic E-state index is 13.3. The molecule has 4 amide bonds. The Morgan fingerprint density at radius 1 is 1.00 bits per heavy atom. The van der Waals surface area contributed by atoms with E-state index in [9.17, 15) is 19.2 Å². The molecule has 1 heterocycles. The van der Waals surface area contributed by atoms with Crippen molar-refractivity contribution in [3.63, 3.8) is 0 Å². The molecular formula is C26H30ClN3O4. The van der Waals surface area contributed by atoms with E-state index in [0.29, 0.717) is 29.0 Å². The highest BCUT2D eigenvalue weighted by molar-refractivity contribution is 6.31. The number of amides is 4. The van der Waals surface area contributed by atoms with E-state index in [1.807, 2.05) is 39.0 Å². The van der Waals surface area contributed by atoms with Crippen LogP contribution in [0.15, 0.2) is 48.5 Å². The van der Waals surface area contributed by atoms with Crippen molar-refractivity contribution in [3.8, 4) is 0 Å². The Labute approximate surface area is 205 Å². The molecule has 1 aliphatic heterocycles. The zero-order chi connectivity index (χ0) is 24.8. The van der Waals surface area contributed by atoms with E-state index in [1.165, 1.54) is 4.90 Å². The lowest BCUT2D eigenvalue weighted by Crippen LogP contribution is -2.50. The van der Waals surface area contributed by atoms with Gasteiger partial charge in [-0.2, -0.15) is 0 Å². The first-order chi connectivity index (χ1) is 16.2. The highest BCUT2D eigenvalue weighted by Gasteiger charge is 2.35. The quantitative estimate of drug-likeness (QED) is 0.516. The monoisotopic (exact) mass is 483 g/mol. The van der Waals surface area contributed by atoms with Crippen LogP contribution < -0.4 is 5.32 Å². The molecule has 7 nitrogen and oxygen atoms in total. The fourth-order valence-electron chi connectivity index (χ4n) is 4.08. The Bertz CT molecular complexity index is 1050. The standard InChI is InChI=1S/C26H30ClN3O4/c1-4-22(24(32)28-17(2)3)30(16-18-10-5-8-13-21(18)27)23(31)14-9-15-29-25(33)19-11-6-7-12-20(19)26(29)34/h5-8,10-13,17,22H,4,9,14-16H2,1-3H3,(H,28,32)/t22-/m0/s1. The van der Waals surface area contributed by atoms with E-state index < -0.39 is 6.04 Å². The Morgan fingerprint density at radius 2 is 1.59 bits per heavy atom. The van der Waals surface area contributed by atoms with Crippen LogP contribution in [0.1, 0.15) is 66.3 Å². The second-order valence-corrected chi connectivity index (χ2v) is 9.02. The Balaban J connectivity index is 1.72. The predicted octanol–water partition coefficient (Wildman–Crippen LogP) is 4.05. The fraction of sp³-hybridized carbons (Fsp3) is 0.385. The molecule has 1 aliphatic rings. The maximum absolute atomic E-state index is 13.3. The van der Waals surface area contributed by atoms with Gasteiger partial charge in [-0.3, -0.25) is 24.1 Å². The van der Waals surface area contributed by atoms with Crippen LogP contribution in [0.5, 0.6) is 0 Å². The number of nitrogens with one attached hydrogen (secondary N) is 1. The average Bonchev–Trinajstić information content (AvgIpc) is 3.04. The van der Waals surface area contributed by atoms with Crippen molar-refractivity contribution in [2.24, 2.45) is 0 Å². The summed E-state index contributed by atoms with van der Waals surface area (Å²) in [4.78, 5) is 54.1. The Morgan fingerprint density at radius 3 is 2.15 bits per heavy atom. The molecule has 0 aromatic heterocycles. The van der Waals surface area contributed by atoms with Crippen molar-refractivity contribution in [1.29, 1.82) is 0 Å². The van der Waals surface area contributed by atoms with Gasteiger partial charge in [0.1, 0.15) is 6.04 Å². The smallest absolute Gasteiger partial charge is 0.261 e. The van der Waals surface area contributed by atoms with Gasteiger partial charge in [-0.05, 0) is 50.5 Å². The predicted molar refractivity (Wildman–Crippen MR) is 130 cm³/mol. The fourth-order valence-corrected chi connectivity index (χ4v) is 4.28. The van der Waals surface area contributed by atoms with Crippen molar-refractivity contribution < 1.29 is 19.2 Å². The van der Waals surface area contributed by atoms with E-state index in [4.69, 9.17) is 11.6 Å². The van der Waals surface area contributed by atoms with Gasteiger partial charge in [-0.1, -0.05) is 48.9 Å². The molecule has 1 N–H and O–H groups in total. The van der Waals surface area contributed by atoms with Gasteiger partial charge in [0.15, 0.2) is 0 Å². The molecule has 3 rings (SSSR count). The lowest BCUT2D eigenvalue weighted by atomic mass is 10.1. The van der Waals surface area contributed by atoms with Crippen molar-refractivity contribution in [1.82, 2.24) is 15.1 Å². The van der Waals surface area contributed by atoms with Crippen LogP contribution in [0, 0.1) is 0 Å². The number of carbonyl (C=O) groups is 4. The third-order valence-corrected chi connectivity index (χ3v) is 6.13. The highest BCUT2D eigenvalue weighted by atomic mass is 35.5. The van der Waals surface area contributed by atoms with E-state index in [1.54, 1.807) is 35.2 Å². The second kappa shape index (κ2) is 11.3. The molecule has 0 fully saturated rings. The number of hydrogen-bond acceptors (Lipinski definition) is 4. The zero-order valence-corrected chi connectivity index (χ0v) is 20.5. The molecular weight excluding hydrogens is 454 g/mol. The van der Waals surface area contributed by atoms with Crippen LogP contribution in [0.3, 0.4) is 0 Å². The average molecular weight is 484 g/mol. The number of carbonyl (C=O) groups excluding carboxylic acids is 4. The number of halogens is 1. The van der Waals surface area contributed by atoms with Crippen LogP contribution in [-0.4, -0.2) is 52.1 Å². The van der Waals surface area contributed by atoms with Crippen LogP contribution >= 0.6 is 11.6 Å². The first-order valence-electron chi connectivity index (χ1n) is 11.5. The highest BCUT2D eigenvalue weighted by Crippen LogP contribution is 2.24. The minimum absolute atomic E-state index is 0.0624. The molecule has 0 aliphatic carbocycles. The molecule has 2 aromatic rings. The van der Waals surface area contributed by atoms with Gasteiger partial charge in [0.05, 0.1) is 11.1 Å². The lowest BCUT2D eigenvalue weighted by Gasteiger charge is -2.31. The van der Waals surface area contributed by atoms with Gasteiger partial charge in [0.25, 0.3) is 11.8 Å². The van der Waals surface area contributed by atoms with Crippen LogP contribution in [-0.2, 0) is 16.1 Å². The van der Waals surface area contributed by atoms with E-state index in [-0.39, 0.29) is 49.2 Å². The minimum Gasteiger partial charge on any atom is -0.352 e. The third kappa shape index (κ3) is 5.65. The van der Waals surface area contributed by atoms with Gasteiger partial charge in [-0.25, -0.2) is 0 Å². The number of rotatable bonds is 10. The first kappa shape index (κ1) is 25.4. The van der Waals surface area contributed by atoms with Crippen molar-refractivity contribution >= 4 is 35.2 Å². The van der Waals surface area contributed by atoms with Crippen molar-refractivity contribution in [3.05, 3.63) is 70.2 Å². The summed E-state index contributed by atoms with van der Waals surface area (Å²) in [5.74, 6) is -1.15. The summed E-state index contributed by atoms with van der Waals surface area (Å²) in [5, 5.41) is 3.41. The van der Waals surface area contributed by atoms with Gasteiger partial charge in [-0.15, -0.1) is 0 Å². The van der Waals surface area contributed by atoms with Crippen LogP contribution in [0.25, 0.3) is 0 Å². The molecule has 0 radical (unpaired) electrons. The summed E-state index contributed by atoms with van der Waals surface area (Å²) in [6.45, 7) is 5.92. The Kier molecular flexibility index (Phi) is 8.45. The molecule has 1 atom stereocenters. The first-order valence-corrected chi connectivity index (χ1v) is 11.9. The van der Waals surface area contributed by atoms with Crippen molar-refractivity contribution in [2.45, 2.75) is 58.7 Å². The molecule has 34 heavy (non-hydrogen) atoms. The molecule has 0 spiro atoms. The largest absolute Gasteiger partial charge is 0.352 e. The SMILES string of the molecule is CC[C@@H](C(=O)NC(C)C)N(Cc1ccccc1Cl)C(=O)CCCN1C(=O)c2ccccc2C1=O. The van der Waals surface area contributed by atoms with Crippen LogP contribution in [0.4, 0.5) is 0 Å². The molecule has 0 saturated carbocycles. The summed E-state index contributed by atoms with van der Waals surface area (Å²) in [5.41, 5.74) is 1.51. The molecule has 180 valence electrons. The number of fused-ring (bicyclic) bond motifs is 1. The van der Waals surface area contributed by atoms with Gasteiger partial charge in [0, 0.05) is 30.6 Å². The summed E-state index contributed by atoms with van der Waals surface area (Å²) in [6.07, 6.45) is 0.821. The molecule has 0 saturated heterocycles. The number of imide groups is 1. The summed E-state index contributed by atoms with van der Waals surface area (Å²) in [6, 6.07) is 13.2. The van der Waals surface area contributed by atoms with E-state index in [2.05, 4.69) is 5.32 Å².